The standard InChI is InChI=1S/2C23H19.C6H19BNSi2.2ClH.Zr/c2*1-16-8-6-12-21(17(16)2)22-13-7-11-19-14-20(15-23(19)22)18-9-4-3-5-10-18;1-9(2,3)8(7)10(4,5)6;;;/h2*3-15H,1-2H3;7H,1-6H3;2*1H;/q;;+1;;;+1/p-2. The number of halogens is 2. The molecule has 2 atom stereocenters. The van der Waals surface area contributed by atoms with Crippen molar-refractivity contribution in [2.45, 2.75) is 74.2 Å². The van der Waals surface area contributed by atoms with E-state index in [4.69, 9.17) is 0 Å². The van der Waals surface area contributed by atoms with Crippen molar-refractivity contribution >= 4 is 61.7 Å². The number of benzene rings is 6. The number of nitrogens with zero attached hydrogens (tertiary/aromatic N) is 1. The monoisotopic (exact) mass is 922 g/mol. The van der Waals surface area contributed by atoms with E-state index in [9.17, 15) is 17.0 Å². The molecule has 8 rings (SSSR count). The first-order valence-electron chi connectivity index (χ1n) is 21.2. The van der Waals surface area contributed by atoms with Gasteiger partial charge in [-0.05, 0) is 0 Å². The van der Waals surface area contributed by atoms with E-state index in [2.05, 4.69) is 217 Å². The van der Waals surface area contributed by atoms with Gasteiger partial charge in [0.05, 0.1) is 0 Å². The molecule has 2 aliphatic rings. The summed E-state index contributed by atoms with van der Waals surface area (Å²) in [6.07, 6.45) is 4.96. The number of allylic oxidation sites excluding steroid dienone is 2. The third-order valence-corrected chi connectivity index (χ3v) is 40.2. The molecule has 0 radical (unpaired) electrons. The van der Waals surface area contributed by atoms with Crippen LogP contribution in [0.2, 0.25) is 39.3 Å². The fourth-order valence-corrected chi connectivity index (χ4v) is 51.8. The summed E-state index contributed by atoms with van der Waals surface area (Å²) in [6, 6.07) is 49.2. The van der Waals surface area contributed by atoms with Crippen LogP contribution in [0.1, 0.15) is 62.9 Å². The molecule has 0 aromatic heterocycles. The van der Waals surface area contributed by atoms with E-state index in [1.807, 2.05) is 0 Å². The molecular formula is C52H57BCl2NSi2Zr. The third-order valence-electron chi connectivity index (χ3n) is 13.4. The molecule has 0 saturated heterocycles. The van der Waals surface area contributed by atoms with Gasteiger partial charge in [0.25, 0.3) is 0 Å². The van der Waals surface area contributed by atoms with Crippen LogP contribution in [0.3, 0.4) is 0 Å². The molecule has 0 fully saturated rings. The van der Waals surface area contributed by atoms with E-state index in [0.29, 0.717) is 0 Å². The number of hydrogen-bond donors (Lipinski definition) is 0. The zero-order valence-electron chi connectivity index (χ0n) is 36.4. The zero-order chi connectivity index (χ0) is 42.1. The van der Waals surface area contributed by atoms with Crippen LogP contribution in [0.5, 0.6) is 0 Å². The Labute approximate surface area is 364 Å². The molecule has 1 nitrogen and oxygen atoms in total. The second-order valence-corrected chi connectivity index (χ2v) is 51.4. The summed E-state index contributed by atoms with van der Waals surface area (Å²) in [5.41, 5.74) is 20.2. The van der Waals surface area contributed by atoms with Crippen LogP contribution in [-0.4, -0.2) is 25.6 Å². The maximum atomic E-state index is 9.36. The van der Waals surface area contributed by atoms with Crippen LogP contribution in [0.4, 0.5) is 0 Å². The van der Waals surface area contributed by atoms with Gasteiger partial charge in [-0.2, -0.15) is 0 Å². The molecule has 0 heterocycles. The second kappa shape index (κ2) is 15.6. The van der Waals surface area contributed by atoms with E-state index < -0.39 is 32.6 Å². The molecule has 299 valence electrons. The Balaban J connectivity index is 1.50. The average Bonchev–Trinajstić information content (AvgIpc) is 3.81. The van der Waals surface area contributed by atoms with Gasteiger partial charge >= 0.3 is 368 Å². The van der Waals surface area contributed by atoms with Crippen molar-refractivity contribution in [3.63, 3.8) is 0 Å². The van der Waals surface area contributed by atoms with Gasteiger partial charge in [0, 0.05) is 0 Å². The summed E-state index contributed by atoms with van der Waals surface area (Å²) in [7, 11) is 14.8. The molecule has 0 bridgehead atoms. The van der Waals surface area contributed by atoms with E-state index in [1.54, 1.807) is 0 Å². The van der Waals surface area contributed by atoms with E-state index in [1.165, 1.54) is 89.0 Å². The second-order valence-electron chi connectivity index (χ2n) is 19.2. The maximum absolute atomic E-state index is 9.36. The fourth-order valence-electron chi connectivity index (χ4n) is 10.5. The molecule has 6 aromatic carbocycles. The quantitative estimate of drug-likeness (QED) is 0.124. The summed E-state index contributed by atoms with van der Waals surface area (Å²) in [5.74, 6) is 0. The van der Waals surface area contributed by atoms with Crippen molar-refractivity contribution in [1.29, 1.82) is 0 Å². The molecule has 2 unspecified atom stereocenters. The van der Waals surface area contributed by atoms with Crippen molar-refractivity contribution < 1.29 is 16.2 Å². The van der Waals surface area contributed by atoms with E-state index in [-0.39, 0.29) is 7.25 Å². The molecule has 0 spiro atoms. The van der Waals surface area contributed by atoms with E-state index in [0.717, 1.165) is 4.95 Å². The minimum absolute atomic E-state index is 0.176. The number of aryl methyl sites for hydroxylation is 2. The van der Waals surface area contributed by atoms with Crippen molar-refractivity contribution in [3.05, 3.63) is 189 Å². The zero-order valence-corrected chi connectivity index (χ0v) is 42.4. The van der Waals surface area contributed by atoms with Gasteiger partial charge in [0.2, 0.25) is 0 Å². The van der Waals surface area contributed by atoms with Crippen molar-refractivity contribution in [2.75, 3.05) is 0 Å². The Kier molecular flexibility index (Phi) is 11.2. The normalized spacial score (nSPS) is 17.2. The van der Waals surface area contributed by atoms with Crippen molar-refractivity contribution in [3.8, 4) is 22.3 Å². The van der Waals surface area contributed by atoms with Gasteiger partial charge in [-0.1, -0.05) is 0 Å². The van der Waals surface area contributed by atoms with Crippen LogP contribution in [-0.2, 0) is 16.2 Å². The summed E-state index contributed by atoms with van der Waals surface area (Å²) in [5, 5.41) is 0. The van der Waals surface area contributed by atoms with Gasteiger partial charge in [0.1, 0.15) is 0 Å². The first-order chi connectivity index (χ1) is 27.9. The van der Waals surface area contributed by atoms with E-state index >= 15 is 0 Å². The van der Waals surface area contributed by atoms with Crippen LogP contribution < -0.4 is 0 Å². The molecule has 0 aliphatic heterocycles. The summed E-state index contributed by atoms with van der Waals surface area (Å²) in [6.45, 7) is 23.9. The van der Waals surface area contributed by atoms with Gasteiger partial charge in [-0.3, -0.25) is 0 Å². The van der Waals surface area contributed by atoms with Crippen LogP contribution in [0, 0.1) is 27.7 Å². The Morgan fingerprint density at radius 2 is 0.814 bits per heavy atom. The molecule has 7 heteroatoms. The summed E-state index contributed by atoms with van der Waals surface area (Å²) >= 11 is -5.62. The van der Waals surface area contributed by atoms with Crippen LogP contribution >= 0.6 is 17.0 Å². The van der Waals surface area contributed by atoms with Crippen LogP contribution in [0.15, 0.2) is 133 Å². The topological polar surface area (TPSA) is 3.24 Å². The predicted molar refractivity (Wildman–Crippen MR) is 264 cm³/mol. The Morgan fingerprint density at radius 1 is 0.458 bits per heavy atom. The third kappa shape index (κ3) is 7.47. The molecule has 0 N–H and O–H groups in total. The molecular weight excluding hydrogens is 868 g/mol. The predicted octanol–water partition coefficient (Wildman–Crippen LogP) is 15.4. The summed E-state index contributed by atoms with van der Waals surface area (Å²) in [4.78, 5) is 0.722. The summed E-state index contributed by atoms with van der Waals surface area (Å²) < 4.78 is 2.56. The molecule has 59 heavy (non-hydrogen) atoms. The van der Waals surface area contributed by atoms with Crippen molar-refractivity contribution in [2.24, 2.45) is 0 Å². The SMILES string of the molecule is Cc1cccc(-c2cccc3c2C=C(c2ccccc2)[CH]3[Zr]([Cl])([Cl])([BH]N([Si](C)(C)C)[Si](C)(C)C)[CH]2C(c3ccccc3)=Cc3c(-c4cccc(C)c4C)cccc32)c1C. The number of hydrogen-bond acceptors (Lipinski definition) is 1. The van der Waals surface area contributed by atoms with Gasteiger partial charge in [0.15, 0.2) is 0 Å². The van der Waals surface area contributed by atoms with Crippen LogP contribution in [0.25, 0.3) is 45.6 Å². The number of rotatable bonds is 10. The Morgan fingerprint density at radius 3 is 1.19 bits per heavy atom. The molecule has 0 saturated carbocycles. The van der Waals surface area contributed by atoms with Crippen molar-refractivity contribution in [1.82, 2.24) is 4.14 Å². The van der Waals surface area contributed by atoms with Gasteiger partial charge < -0.3 is 0 Å². The Bertz CT molecular complexity index is 2480. The molecule has 2 aliphatic carbocycles. The minimum atomic E-state index is -5.62. The first kappa shape index (κ1) is 42.4. The molecule has 6 aromatic rings. The fraction of sp³-hybridized carbons (Fsp3) is 0.231. The first-order valence-corrected chi connectivity index (χ1v) is 39.0. The Hall–Kier alpha value is -3.28. The average molecular weight is 925 g/mol. The number of fused-ring (bicyclic) bond motifs is 2. The van der Waals surface area contributed by atoms with Gasteiger partial charge in [-0.15, -0.1) is 0 Å². The molecule has 0 amide bonds. The van der Waals surface area contributed by atoms with Gasteiger partial charge in [-0.25, -0.2) is 0 Å².